The number of aromatic nitrogens is 5. The van der Waals surface area contributed by atoms with Crippen molar-refractivity contribution in [2.45, 2.75) is 0 Å². The van der Waals surface area contributed by atoms with E-state index < -0.39 is 0 Å². The minimum atomic E-state index is 0.605. The number of rotatable bonds is 3. The zero-order valence-corrected chi connectivity index (χ0v) is 23.1. The Balaban J connectivity index is 1.42. The van der Waals surface area contributed by atoms with Crippen LogP contribution < -0.4 is 0 Å². The van der Waals surface area contributed by atoms with E-state index >= 15 is 0 Å². The Labute approximate surface area is 244 Å². The van der Waals surface area contributed by atoms with Crippen molar-refractivity contribution in [2.75, 3.05) is 0 Å². The molecule has 196 valence electrons. The summed E-state index contributed by atoms with van der Waals surface area (Å²) in [6.07, 6.45) is 3.79. The van der Waals surface area contributed by atoms with E-state index in [-0.39, 0.29) is 0 Å². The molecular weight excluding hydrogens is 534 g/mol. The number of thiophene rings is 1. The van der Waals surface area contributed by atoms with Gasteiger partial charge in [-0.15, -0.1) is 11.3 Å². The molecule has 42 heavy (non-hydrogen) atoms. The van der Waals surface area contributed by atoms with Gasteiger partial charge in [0.05, 0.1) is 15.7 Å². The highest BCUT2D eigenvalue weighted by Gasteiger charge is 2.21. The normalized spacial score (nSPS) is 11.8. The van der Waals surface area contributed by atoms with Crippen molar-refractivity contribution in [3.63, 3.8) is 0 Å². The molecule has 0 N–H and O–H groups in total. The number of nitrogens with zero attached hydrogens (tertiary/aromatic N) is 5. The van der Waals surface area contributed by atoms with Gasteiger partial charge in [-0.25, -0.2) is 4.98 Å². The van der Waals surface area contributed by atoms with Crippen LogP contribution in [0.2, 0.25) is 0 Å². The second-order valence-electron chi connectivity index (χ2n) is 10.4. The average Bonchev–Trinajstić information content (AvgIpc) is 3.59. The third-order valence-corrected chi connectivity index (χ3v) is 9.09. The van der Waals surface area contributed by atoms with Gasteiger partial charge in [0.1, 0.15) is 0 Å². The summed E-state index contributed by atoms with van der Waals surface area (Å²) in [6.45, 7) is 0. The van der Waals surface area contributed by atoms with E-state index in [4.69, 9.17) is 15.0 Å². The van der Waals surface area contributed by atoms with Crippen molar-refractivity contribution in [1.29, 1.82) is 0 Å². The fourth-order valence-electron chi connectivity index (χ4n) is 5.97. The van der Waals surface area contributed by atoms with Crippen LogP contribution >= 0.6 is 11.3 Å². The predicted octanol–water partition coefficient (Wildman–Crippen LogP) is 9.22. The van der Waals surface area contributed by atoms with E-state index in [0.29, 0.717) is 17.6 Å². The molecule has 0 atom stereocenters. The standard InChI is InChI=1S/C36H21N5S/c1-3-9-22(10-4-1)34-38-35(23-11-5-2-6-12-23)40-36(39-34)41-30-14-8-7-13-26(30)27-15-16-28-29-19-24-17-18-37-21-25(24)20-31(29)42-33(28)32(27)41/h1-21H. The van der Waals surface area contributed by atoms with Gasteiger partial charge < -0.3 is 0 Å². The van der Waals surface area contributed by atoms with E-state index in [1.54, 1.807) is 0 Å². The highest BCUT2D eigenvalue weighted by molar-refractivity contribution is 7.26. The molecule has 0 aliphatic carbocycles. The monoisotopic (exact) mass is 555 g/mol. The van der Waals surface area contributed by atoms with Crippen molar-refractivity contribution in [3.05, 3.63) is 128 Å². The van der Waals surface area contributed by atoms with Gasteiger partial charge in [0, 0.05) is 55.2 Å². The molecule has 4 heterocycles. The van der Waals surface area contributed by atoms with Crippen LogP contribution in [0, 0.1) is 0 Å². The van der Waals surface area contributed by atoms with Crippen LogP contribution in [0.5, 0.6) is 0 Å². The molecule has 5 nitrogen and oxygen atoms in total. The maximum Gasteiger partial charge on any atom is 0.238 e. The Morgan fingerprint density at radius 1 is 0.548 bits per heavy atom. The summed E-state index contributed by atoms with van der Waals surface area (Å²) in [5.41, 5.74) is 4.08. The van der Waals surface area contributed by atoms with Gasteiger partial charge in [0.15, 0.2) is 11.6 Å². The number of para-hydroxylation sites is 1. The molecule has 0 unspecified atom stereocenters. The Bertz CT molecular complexity index is 2400. The lowest BCUT2D eigenvalue weighted by Crippen LogP contribution is -2.06. The Kier molecular flexibility index (Phi) is 5.00. The predicted molar refractivity (Wildman–Crippen MR) is 173 cm³/mol. The Hall–Kier alpha value is -5.46. The lowest BCUT2D eigenvalue weighted by molar-refractivity contribution is 0.955. The highest BCUT2D eigenvalue weighted by Crippen LogP contribution is 2.43. The zero-order chi connectivity index (χ0) is 27.6. The van der Waals surface area contributed by atoms with Crippen molar-refractivity contribution in [2.24, 2.45) is 0 Å². The first-order valence-electron chi connectivity index (χ1n) is 13.8. The molecule has 9 aromatic rings. The van der Waals surface area contributed by atoms with E-state index in [0.717, 1.165) is 27.5 Å². The summed E-state index contributed by atoms with van der Waals surface area (Å²) in [7, 11) is 0. The first-order chi connectivity index (χ1) is 20.8. The summed E-state index contributed by atoms with van der Waals surface area (Å²) in [5, 5.41) is 7.16. The molecule has 9 rings (SSSR count). The van der Waals surface area contributed by atoms with E-state index in [2.05, 4.69) is 64.1 Å². The fraction of sp³-hybridized carbons (Fsp3) is 0. The third kappa shape index (κ3) is 3.49. The summed E-state index contributed by atoms with van der Waals surface area (Å²) in [6, 6.07) is 39.9. The van der Waals surface area contributed by atoms with E-state index in [1.807, 2.05) is 84.4 Å². The third-order valence-electron chi connectivity index (χ3n) is 7.92. The maximum atomic E-state index is 5.11. The van der Waals surface area contributed by atoms with Gasteiger partial charge in [-0.1, -0.05) is 91.0 Å². The minimum Gasteiger partial charge on any atom is -0.276 e. The van der Waals surface area contributed by atoms with Crippen LogP contribution in [0.25, 0.3) is 81.5 Å². The van der Waals surface area contributed by atoms with Gasteiger partial charge in [-0.05, 0) is 29.7 Å². The molecule has 0 fully saturated rings. The maximum absolute atomic E-state index is 5.11. The summed E-state index contributed by atoms with van der Waals surface area (Å²) in [5.74, 6) is 1.90. The molecule has 0 bridgehead atoms. The first kappa shape index (κ1) is 23.3. The summed E-state index contributed by atoms with van der Waals surface area (Å²) in [4.78, 5) is 19.5. The summed E-state index contributed by atoms with van der Waals surface area (Å²) >= 11 is 1.81. The SMILES string of the molecule is c1ccc(-c2nc(-c3ccccc3)nc(-n3c4ccccc4c4ccc5c6cc7ccncc7cc6sc5c43)n2)cc1. The molecule has 0 radical (unpaired) electrons. The number of pyridine rings is 1. The second kappa shape index (κ2) is 9.03. The topological polar surface area (TPSA) is 56.5 Å². The number of hydrogen-bond donors (Lipinski definition) is 0. The van der Waals surface area contributed by atoms with Gasteiger partial charge >= 0.3 is 0 Å². The van der Waals surface area contributed by atoms with Crippen LogP contribution in [0.3, 0.4) is 0 Å². The van der Waals surface area contributed by atoms with Crippen LogP contribution in [-0.2, 0) is 0 Å². The number of benzene rings is 5. The largest absolute Gasteiger partial charge is 0.276 e. The van der Waals surface area contributed by atoms with Crippen LogP contribution in [0.4, 0.5) is 0 Å². The quantitative estimate of drug-likeness (QED) is 0.218. The van der Waals surface area contributed by atoms with Gasteiger partial charge in [-0.2, -0.15) is 9.97 Å². The molecule has 0 aliphatic heterocycles. The molecule has 5 aromatic carbocycles. The zero-order valence-electron chi connectivity index (χ0n) is 22.3. The van der Waals surface area contributed by atoms with E-state index in [1.165, 1.54) is 36.3 Å². The average molecular weight is 556 g/mol. The first-order valence-corrected chi connectivity index (χ1v) is 14.6. The number of fused-ring (bicyclic) bond motifs is 8. The summed E-state index contributed by atoms with van der Waals surface area (Å²) < 4.78 is 4.68. The Morgan fingerprint density at radius 3 is 2.00 bits per heavy atom. The Morgan fingerprint density at radius 2 is 1.24 bits per heavy atom. The fourth-order valence-corrected chi connectivity index (χ4v) is 7.24. The molecule has 4 aromatic heterocycles. The molecule has 0 saturated heterocycles. The van der Waals surface area contributed by atoms with Crippen LogP contribution in [0.1, 0.15) is 0 Å². The van der Waals surface area contributed by atoms with Crippen molar-refractivity contribution in [3.8, 4) is 28.7 Å². The molecule has 0 aliphatic rings. The van der Waals surface area contributed by atoms with E-state index in [9.17, 15) is 0 Å². The molecular formula is C36H21N5S. The highest BCUT2D eigenvalue weighted by atomic mass is 32.1. The van der Waals surface area contributed by atoms with Gasteiger partial charge in [0.25, 0.3) is 0 Å². The lowest BCUT2D eigenvalue weighted by atomic mass is 10.1. The van der Waals surface area contributed by atoms with Gasteiger partial charge in [-0.3, -0.25) is 9.55 Å². The second-order valence-corrected chi connectivity index (χ2v) is 11.4. The van der Waals surface area contributed by atoms with Crippen LogP contribution in [-0.4, -0.2) is 24.5 Å². The molecule has 0 saturated carbocycles. The smallest absolute Gasteiger partial charge is 0.238 e. The molecule has 6 heteroatoms. The molecule has 0 spiro atoms. The van der Waals surface area contributed by atoms with Gasteiger partial charge in [0.2, 0.25) is 5.95 Å². The van der Waals surface area contributed by atoms with Crippen molar-refractivity contribution in [1.82, 2.24) is 24.5 Å². The van der Waals surface area contributed by atoms with Crippen molar-refractivity contribution < 1.29 is 0 Å². The number of hydrogen-bond acceptors (Lipinski definition) is 5. The molecule has 0 amide bonds. The lowest BCUT2D eigenvalue weighted by Gasteiger charge is -2.11. The van der Waals surface area contributed by atoms with Crippen molar-refractivity contribution >= 4 is 64.1 Å². The minimum absolute atomic E-state index is 0.605. The van der Waals surface area contributed by atoms with Crippen LogP contribution in [0.15, 0.2) is 128 Å².